The van der Waals surface area contributed by atoms with Crippen molar-refractivity contribution in [1.82, 2.24) is 0 Å². The Morgan fingerprint density at radius 3 is 1.58 bits per heavy atom. The van der Waals surface area contributed by atoms with Crippen LogP contribution in [-0.2, 0) is 4.74 Å². The molecule has 0 aromatic carbocycles. The molecule has 8 aliphatic rings. The molecule has 0 unspecified atom stereocenters. The zero-order valence-corrected chi connectivity index (χ0v) is 15.1. The van der Waals surface area contributed by atoms with Gasteiger partial charge < -0.3 is 4.74 Å². The van der Waals surface area contributed by atoms with Crippen molar-refractivity contribution in [2.24, 2.45) is 57.6 Å². The van der Waals surface area contributed by atoms with Crippen LogP contribution in [0.4, 0.5) is 0 Å². The van der Waals surface area contributed by atoms with Crippen molar-refractivity contribution in [3.05, 3.63) is 0 Å². The van der Waals surface area contributed by atoms with E-state index >= 15 is 0 Å². The summed E-state index contributed by atoms with van der Waals surface area (Å²) in [7, 11) is 1.91. The SMILES string of the molecule is COC1(N=NC2C3CC4CC(C3)CC2C4)C2CC3CC(C2)CC1C3. The zero-order valence-electron chi connectivity index (χ0n) is 15.1. The second kappa shape index (κ2) is 5.05. The summed E-state index contributed by atoms with van der Waals surface area (Å²) < 4.78 is 6.20. The molecule has 3 heteroatoms. The Morgan fingerprint density at radius 2 is 1.12 bits per heavy atom. The highest BCUT2D eigenvalue weighted by atomic mass is 16.5. The summed E-state index contributed by atoms with van der Waals surface area (Å²) in [6.45, 7) is 0. The second-order valence-electron chi connectivity index (χ2n) is 10.4. The maximum absolute atomic E-state index is 6.20. The molecule has 0 aliphatic heterocycles. The Hall–Kier alpha value is -0.440. The van der Waals surface area contributed by atoms with Gasteiger partial charge in [-0.05, 0) is 99.7 Å². The van der Waals surface area contributed by atoms with Crippen molar-refractivity contribution in [3.63, 3.8) is 0 Å². The van der Waals surface area contributed by atoms with E-state index in [2.05, 4.69) is 0 Å². The minimum Gasteiger partial charge on any atom is -0.355 e. The van der Waals surface area contributed by atoms with Crippen molar-refractivity contribution in [1.29, 1.82) is 0 Å². The molecule has 0 saturated heterocycles. The van der Waals surface area contributed by atoms with Crippen LogP contribution in [0.5, 0.6) is 0 Å². The van der Waals surface area contributed by atoms with E-state index in [1.54, 1.807) is 0 Å². The molecular formula is C21H32N2O. The maximum Gasteiger partial charge on any atom is 0.184 e. The number of ether oxygens (including phenoxy) is 1. The first kappa shape index (κ1) is 14.7. The minimum absolute atomic E-state index is 0.248. The lowest BCUT2D eigenvalue weighted by Crippen LogP contribution is -2.57. The molecule has 8 saturated carbocycles. The van der Waals surface area contributed by atoms with E-state index in [0.717, 1.165) is 35.5 Å². The smallest absolute Gasteiger partial charge is 0.184 e. The summed E-state index contributed by atoms with van der Waals surface area (Å²) in [5, 5.41) is 10.2. The molecule has 8 bridgehead atoms. The standard InChI is InChI=1S/C21H32N2O/c1-24-21(18-8-14-3-15(10-18)11-19(21)9-14)23-22-20-16-4-12-2-13(6-16)7-17(20)5-12/h12-20H,2-11H2,1H3. The van der Waals surface area contributed by atoms with Crippen molar-refractivity contribution in [2.75, 3.05) is 7.11 Å². The number of methoxy groups -OCH3 is 1. The van der Waals surface area contributed by atoms with Crippen LogP contribution >= 0.6 is 0 Å². The summed E-state index contributed by atoms with van der Waals surface area (Å²) in [6.07, 6.45) is 14.2. The van der Waals surface area contributed by atoms with Gasteiger partial charge in [0.15, 0.2) is 5.72 Å². The van der Waals surface area contributed by atoms with E-state index in [1.165, 1.54) is 64.2 Å². The highest BCUT2D eigenvalue weighted by Gasteiger charge is 2.59. The molecule has 8 aliphatic carbocycles. The molecule has 0 heterocycles. The lowest BCUT2D eigenvalue weighted by molar-refractivity contribution is -0.190. The average molecular weight is 329 g/mol. The minimum atomic E-state index is -0.248. The Morgan fingerprint density at radius 1 is 0.667 bits per heavy atom. The van der Waals surface area contributed by atoms with Crippen LogP contribution in [0, 0.1) is 47.3 Å². The Bertz CT molecular complexity index is 500. The molecule has 0 amide bonds. The first-order valence-electron chi connectivity index (χ1n) is 10.7. The molecule has 0 N–H and O–H groups in total. The number of hydrogen-bond donors (Lipinski definition) is 0. The molecular weight excluding hydrogens is 296 g/mol. The summed E-state index contributed by atoms with van der Waals surface area (Å²) in [5.41, 5.74) is -0.248. The molecule has 0 spiro atoms. The third-order valence-corrected chi connectivity index (χ3v) is 9.16. The lowest BCUT2D eigenvalue weighted by Gasteiger charge is -2.58. The van der Waals surface area contributed by atoms with Gasteiger partial charge in [0.2, 0.25) is 0 Å². The summed E-state index contributed by atoms with van der Waals surface area (Å²) >= 11 is 0. The highest BCUT2D eigenvalue weighted by molar-refractivity contribution is 5.07. The normalized spacial score (nSPS) is 60.5. The van der Waals surface area contributed by atoms with E-state index in [-0.39, 0.29) is 5.72 Å². The maximum atomic E-state index is 6.20. The third-order valence-electron chi connectivity index (χ3n) is 9.16. The van der Waals surface area contributed by atoms with Gasteiger partial charge in [0.1, 0.15) is 0 Å². The van der Waals surface area contributed by atoms with Crippen LogP contribution in [0.1, 0.15) is 64.2 Å². The predicted molar refractivity (Wildman–Crippen MR) is 92.5 cm³/mol. The second-order valence-corrected chi connectivity index (χ2v) is 10.4. The summed E-state index contributed by atoms with van der Waals surface area (Å²) in [5.74, 6) is 6.97. The van der Waals surface area contributed by atoms with Crippen molar-refractivity contribution >= 4 is 0 Å². The quantitative estimate of drug-likeness (QED) is 0.667. The van der Waals surface area contributed by atoms with Gasteiger partial charge in [-0.3, -0.25) is 0 Å². The van der Waals surface area contributed by atoms with Gasteiger partial charge in [-0.25, -0.2) is 0 Å². The van der Waals surface area contributed by atoms with Gasteiger partial charge >= 0.3 is 0 Å². The molecule has 0 aromatic rings. The fourth-order valence-electron chi connectivity index (χ4n) is 8.64. The van der Waals surface area contributed by atoms with E-state index in [9.17, 15) is 0 Å². The van der Waals surface area contributed by atoms with Crippen molar-refractivity contribution < 1.29 is 4.74 Å². The average Bonchev–Trinajstić information content (AvgIpc) is 2.55. The molecule has 0 atom stereocenters. The Labute approximate surface area is 146 Å². The third kappa shape index (κ3) is 1.94. The van der Waals surface area contributed by atoms with Gasteiger partial charge in [-0.1, -0.05) is 0 Å². The van der Waals surface area contributed by atoms with E-state index in [4.69, 9.17) is 15.0 Å². The van der Waals surface area contributed by atoms with Gasteiger partial charge in [-0.2, -0.15) is 10.2 Å². The van der Waals surface area contributed by atoms with E-state index < -0.39 is 0 Å². The van der Waals surface area contributed by atoms with Crippen LogP contribution in [0.15, 0.2) is 10.2 Å². The van der Waals surface area contributed by atoms with Gasteiger partial charge in [-0.15, -0.1) is 0 Å². The first-order chi connectivity index (χ1) is 11.7. The number of azo groups is 1. The Balaban J connectivity index is 1.28. The zero-order chi connectivity index (χ0) is 15.9. The van der Waals surface area contributed by atoms with Crippen LogP contribution < -0.4 is 0 Å². The molecule has 0 aromatic heterocycles. The van der Waals surface area contributed by atoms with E-state index in [0.29, 0.717) is 17.9 Å². The lowest BCUT2D eigenvalue weighted by atomic mass is 9.52. The van der Waals surface area contributed by atoms with E-state index in [1.807, 2.05) is 7.11 Å². The molecule has 24 heavy (non-hydrogen) atoms. The number of nitrogens with zero attached hydrogens (tertiary/aromatic N) is 2. The Kier molecular flexibility index (Phi) is 3.09. The summed E-state index contributed by atoms with van der Waals surface area (Å²) in [4.78, 5) is 0. The van der Waals surface area contributed by atoms with Crippen LogP contribution in [0.3, 0.4) is 0 Å². The fourth-order valence-corrected chi connectivity index (χ4v) is 8.64. The molecule has 0 radical (unpaired) electrons. The molecule has 3 nitrogen and oxygen atoms in total. The fraction of sp³-hybridized carbons (Fsp3) is 1.00. The topological polar surface area (TPSA) is 34.0 Å². The predicted octanol–water partition coefficient (Wildman–Crippen LogP) is 5.06. The first-order valence-corrected chi connectivity index (χ1v) is 10.7. The van der Waals surface area contributed by atoms with Crippen LogP contribution in [0.25, 0.3) is 0 Å². The van der Waals surface area contributed by atoms with Crippen molar-refractivity contribution in [3.8, 4) is 0 Å². The summed E-state index contributed by atoms with van der Waals surface area (Å²) in [6, 6.07) is 0.530. The largest absolute Gasteiger partial charge is 0.355 e. The molecule has 8 rings (SSSR count). The monoisotopic (exact) mass is 328 g/mol. The van der Waals surface area contributed by atoms with Gasteiger partial charge in [0, 0.05) is 18.9 Å². The van der Waals surface area contributed by atoms with Crippen LogP contribution in [0.2, 0.25) is 0 Å². The van der Waals surface area contributed by atoms with Gasteiger partial charge in [0.05, 0.1) is 6.04 Å². The van der Waals surface area contributed by atoms with Crippen molar-refractivity contribution in [2.45, 2.75) is 76.0 Å². The molecule has 132 valence electrons. The number of hydrogen-bond acceptors (Lipinski definition) is 3. The molecule has 8 fully saturated rings. The number of rotatable bonds is 3. The van der Waals surface area contributed by atoms with Gasteiger partial charge in [0.25, 0.3) is 0 Å². The highest BCUT2D eigenvalue weighted by Crippen LogP contribution is 2.61. The van der Waals surface area contributed by atoms with Crippen LogP contribution in [-0.4, -0.2) is 18.9 Å².